The monoisotopic (exact) mass is 384 g/mol. The molecule has 0 bridgehead atoms. The number of nitrogens with two attached hydrogens (primary N) is 1. The van der Waals surface area contributed by atoms with Gasteiger partial charge in [-0.25, -0.2) is 4.79 Å². The smallest absolute Gasteiger partial charge is 0.314 e. The number of rotatable bonds is 5. The van der Waals surface area contributed by atoms with Gasteiger partial charge in [0.05, 0.1) is 13.2 Å². The molecule has 2 aliphatic heterocycles. The Bertz CT molecular complexity index is 479. The van der Waals surface area contributed by atoms with Crippen LogP contribution in [-0.4, -0.2) is 116 Å². The molecule has 2 saturated heterocycles. The van der Waals surface area contributed by atoms with Gasteiger partial charge in [-0.2, -0.15) is 0 Å². The number of ether oxygens (including phenoxy) is 3. The summed E-state index contributed by atoms with van der Waals surface area (Å²) in [5.41, 5.74) is 4.93. The number of hydrogen-bond donors (Lipinski definition) is 9. The molecule has 0 aromatic rings. The fourth-order valence-electron chi connectivity index (χ4n) is 2.85. The summed E-state index contributed by atoms with van der Waals surface area (Å²) in [6.45, 7) is -1.39. The second-order valence-corrected chi connectivity index (χ2v) is 6.07. The molecule has 10 N–H and O–H groups in total. The number of carbonyl (C=O) groups is 1. The van der Waals surface area contributed by atoms with Crippen LogP contribution in [0.4, 0.5) is 4.79 Å². The van der Waals surface area contributed by atoms with Crippen molar-refractivity contribution in [2.24, 2.45) is 5.73 Å². The van der Waals surface area contributed by atoms with Crippen LogP contribution in [0.3, 0.4) is 0 Å². The van der Waals surface area contributed by atoms with E-state index in [1.165, 1.54) is 0 Å². The van der Waals surface area contributed by atoms with Crippen molar-refractivity contribution >= 4 is 6.03 Å². The third-order valence-electron chi connectivity index (χ3n) is 4.29. The highest BCUT2D eigenvalue weighted by Crippen LogP contribution is 2.28. The first-order valence-electron chi connectivity index (χ1n) is 7.85. The van der Waals surface area contributed by atoms with E-state index in [0.717, 1.165) is 0 Å². The maximum atomic E-state index is 10.9. The molecule has 2 heterocycles. The Labute approximate surface area is 147 Å². The Hall–Kier alpha value is -1.13. The van der Waals surface area contributed by atoms with Gasteiger partial charge in [-0.1, -0.05) is 0 Å². The minimum absolute atomic E-state index is 0.689. The molecule has 0 aromatic carbocycles. The van der Waals surface area contributed by atoms with Gasteiger partial charge in [-0.3, -0.25) is 0 Å². The molecule has 26 heavy (non-hydrogen) atoms. The summed E-state index contributed by atoms with van der Waals surface area (Å²) >= 11 is 0. The van der Waals surface area contributed by atoms with E-state index in [1.54, 1.807) is 0 Å². The maximum absolute atomic E-state index is 10.9. The average Bonchev–Trinajstić information content (AvgIpc) is 2.60. The standard InChI is InChI=1S/C13H24N2O11/c14-13(23)15-11-8(21)7(20)10(4(2-17)24-11)26-12-9(22)6(19)5(18)3(1-16)25-12/h3-12,16-22H,1-2H2,(H3,14,15,23)/t3-,4-,5+,6+,7-,8-,9-,10-,11?,12+/m1/s1. The second kappa shape index (κ2) is 8.71. The first-order valence-corrected chi connectivity index (χ1v) is 7.85. The van der Waals surface area contributed by atoms with E-state index in [-0.39, 0.29) is 0 Å². The molecule has 2 fully saturated rings. The molecule has 0 aliphatic carbocycles. The highest BCUT2D eigenvalue weighted by atomic mass is 16.7. The van der Waals surface area contributed by atoms with Crippen molar-refractivity contribution in [2.75, 3.05) is 13.2 Å². The lowest BCUT2D eigenvalue weighted by atomic mass is 9.96. The highest BCUT2D eigenvalue weighted by Gasteiger charge is 2.50. The normalized spacial score (nSPS) is 46.7. The molecule has 2 amide bonds. The van der Waals surface area contributed by atoms with Crippen LogP contribution in [0.25, 0.3) is 0 Å². The number of urea groups is 1. The van der Waals surface area contributed by atoms with Gasteiger partial charge in [-0.05, 0) is 0 Å². The van der Waals surface area contributed by atoms with Crippen LogP contribution in [0.5, 0.6) is 0 Å². The predicted octanol–water partition coefficient (Wildman–Crippen LogP) is -5.72. The van der Waals surface area contributed by atoms with Gasteiger partial charge in [0.2, 0.25) is 0 Å². The van der Waals surface area contributed by atoms with Gasteiger partial charge in [-0.15, -0.1) is 0 Å². The van der Waals surface area contributed by atoms with Crippen molar-refractivity contribution in [3.8, 4) is 0 Å². The zero-order valence-electron chi connectivity index (χ0n) is 13.5. The first kappa shape index (κ1) is 21.2. The van der Waals surface area contributed by atoms with E-state index in [4.69, 9.17) is 25.1 Å². The van der Waals surface area contributed by atoms with Crippen LogP contribution in [0, 0.1) is 0 Å². The zero-order chi connectivity index (χ0) is 19.6. The lowest BCUT2D eigenvalue weighted by Gasteiger charge is -2.46. The van der Waals surface area contributed by atoms with Crippen molar-refractivity contribution in [1.82, 2.24) is 5.32 Å². The minimum Gasteiger partial charge on any atom is -0.394 e. The van der Waals surface area contributed by atoms with E-state index in [2.05, 4.69) is 0 Å². The Morgan fingerprint density at radius 1 is 0.885 bits per heavy atom. The minimum atomic E-state index is -1.75. The molecular formula is C13H24N2O11. The summed E-state index contributed by atoms with van der Waals surface area (Å²) in [5, 5.41) is 70.3. The number of nitrogens with one attached hydrogen (secondary N) is 1. The van der Waals surface area contributed by atoms with Crippen molar-refractivity contribution in [3.05, 3.63) is 0 Å². The molecule has 152 valence electrons. The molecule has 2 rings (SSSR count). The number of carbonyl (C=O) groups excluding carboxylic acids is 1. The van der Waals surface area contributed by atoms with Crippen LogP contribution >= 0.6 is 0 Å². The summed E-state index contributed by atoms with van der Waals surface area (Å²) in [6, 6.07) is -1.04. The summed E-state index contributed by atoms with van der Waals surface area (Å²) in [5.74, 6) is 0. The van der Waals surface area contributed by atoms with E-state index >= 15 is 0 Å². The Morgan fingerprint density at radius 3 is 2.04 bits per heavy atom. The largest absolute Gasteiger partial charge is 0.394 e. The SMILES string of the molecule is NC(=O)NC1O[C@H](CO)[C@@H](O[C@@H]2O[C@H](CO)[C@H](O)[C@H](O)[C@H]2O)[C@H](O)[C@H]1O. The Balaban J connectivity index is 2.12. The molecule has 0 saturated carbocycles. The number of hydrogen-bond acceptors (Lipinski definition) is 11. The van der Waals surface area contributed by atoms with Crippen molar-refractivity contribution in [2.45, 2.75) is 61.3 Å². The van der Waals surface area contributed by atoms with Crippen molar-refractivity contribution in [1.29, 1.82) is 0 Å². The lowest BCUT2D eigenvalue weighted by Crippen LogP contribution is -2.66. The quantitative estimate of drug-likeness (QED) is 0.217. The van der Waals surface area contributed by atoms with Crippen LogP contribution in [0.2, 0.25) is 0 Å². The summed E-state index contributed by atoms with van der Waals surface area (Å²) in [4.78, 5) is 10.9. The maximum Gasteiger partial charge on any atom is 0.314 e. The predicted molar refractivity (Wildman–Crippen MR) is 79.1 cm³/mol. The highest BCUT2D eigenvalue weighted by molar-refractivity contribution is 5.71. The number of aliphatic hydroxyl groups is 7. The van der Waals surface area contributed by atoms with Gasteiger partial charge < -0.3 is 61.0 Å². The molecule has 10 atom stereocenters. The molecule has 2 aliphatic rings. The van der Waals surface area contributed by atoms with E-state index in [9.17, 15) is 35.4 Å². The Morgan fingerprint density at radius 2 is 1.50 bits per heavy atom. The van der Waals surface area contributed by atoms with Crippen molar-refractivity contribution in [3.63, 3.8) is 0 Å². The van der Waals surface area contributed by atoms with Gasteiger partial charge >= 0.3 is 6.03 Å². The number of amides is 2. The number of aliphatic hydroxyl groups excluding tert-OH is 7. The van der Waals surface area contributed by atoms with Crippen molar-refractivity contribution < 1.29 is 54.8 Å². The van der Waals surface area contributed by atoms with E-state index < -0.39 is 80.6 Å². The Kier molecular flexibility index (Phi) is 7.09. The molecule has 0 aromatic heterocycles. The molecular weight excluding hydrogens is 360 g/mol. The van der Waals surface area contributed by atoms with E-state index in [0.29, 0.717) is 0 Å². The van der Waals surface area contributed by atoms with Gasteiger partial charge in [0.25, 0.3) is 0 Å². The van der Waals surface area contributed by atoms with Gasteiger partial charge in [0.15, 0.2) is 12.5 Å². The van der Waals surface area contributed by atoms with Crippen LogP contribution in [-0.2, 0) is 14.2 Å². The third-order valence-corrected chi connectivity index (χ3v) is 4.29. The molecule has 1 unspecified atom stereocenters. The van der Waals surface area contributed by atoms with Gasteiger partial charge in [0.1, 0.15) is 48.8 Å². The molecule has 13 heteroatoms. The van der Waals surface area contributed by atoms with Crippen LogP contribution in [0.15, 0.2) is 0 Å². The molecule has 0 spiro atoms. The molecule has 13 nitrogen and oxygen atoms in total. The van der Waals surface area contributed by atoms with Gasteiger partial charge in [0, 0.05) is 0 Å². The lowest BCUT2D eigenvalue weighted by molar-refractivity contribution is -0.342. The average molecular weight is 384 g/mol. The second-order valence-electron chi connectivity index (χ2n) is 6.07. The first-order chi connectivity index (χ1) is 12.2. The summed E-state index contributed by atoms with van der Waals surface area (Å²) < 4.78 is 15.7. The fraction of sp³-hybridized carbons (Fsp3) is 0.923. The third kappa shape index (κ3) is 4.23. The van der Waals surface area contributed by atoms with Crippen LogP contribution in [0.1, 0.15) is 0 Å². The van der Waals surface area contributed by atoms with E-state index in [1.807, 2.05) is 5.32 Å². The summed E-state index contributed by atoms with van der Waals surface area (Å²) in [6.07, 6.45) is -15.5. The topological polar surface area (TPSA) is 224 Å². The molecule has 0 radical (unpaired) electrons. The number of primary amides is 1. The zero-order valence-corrected chi connectivity index (χ0v) is 13.5. The fourth-order valence-corrected chi connectivity index (χ4v) is 2.85. The summed E-state index contributed by atoms with van der Waals surface area (Å²) in [7, 11) is 0. The van der Waals surface area contributed by atoms with Crippen LogP contribution < -0.4 is 11.1 Å².